The molecule has 1 aliphatic rings. The SMILES string of the molecule is C[C@H](Nc1cc(Cl)nc2c1cnn2[C@@H]1O[C@H](COP(=O)(O)CP(=O)(O)O)[C@@H](O)[C@H]1O)c1cccc(P(C)(C)=O)c1. The zero-order chi connectivity index (χ0) is 29.6. The average Bonchev–Trinajstić information content (AvgIpc) is 3.36. The van der Waals surface area contributed by atoms with Crippen molar-refractivity contribution in [1.82, 2.24) is 14.8 Å². The van der Waals surface area contributed by atoms with E-state index in [-0.39, 0.29) is 16.8 Å². The molecule has 1 aliphatic heterocycles. The quantitative estimate of drug-likeness (QED) is 0.139. The third-order valence-corrected chi connectivity index (χ3v) is 11.5. The molecule has 18 heteroatoms. The van der Waals surface area contributed by atoms with Crippen LogP contribution in [0.5, 0.6) is 0 Å². The van der Waals surface area contributed by atoms with Gasteiger partial charge in [-0.2, -0.15) is 5.10 Å². The minimum atomic E-state index is -4.85. The highest BCUT2D eigenvalue weighted by Gasteiger charge is 2.46. The van der Waals surface area contributed by atoms with Crippen LogP contribution in [0.4, 0.5) is 5.69 Å². The molecule has 220 valence electrons. The van der Waals surface area contributed by atoms with Crippen molar-refractivity contribution in [2.75, 3.05) is 31.2 Å². The molecule has 1 saturated heterocycles. The van der Waals surface area contributed by atoms with E-state index in [9.17, 15) is 28.8 Å². The number of hydrogen-bond acceptors (Lipinski definition) is 10. The van der Waals surface area contributed by atoms with Gasteiger partial charge in [0.1, 0.15) is 30.6 Å². The monoisotopic (exact) mass is 638 g/mol. The normalized spacial score (nSPS) is 24.2. The minimum Gasteiger partial charge on any atom is -0.387 e. The summed E-state index contributed by atoms with van der Waals surface area (Å²) < 4.78 is 47.2. The number of rotatable bonds is 10. The van der Waals surface area contributed by atoms with Crippen molar-refractivity contribution in [3.05, 3.63) is 47.2 Å². The highest BCUT2D eigenvalue weighted by Crippen LogP contribution is 2.55. The van der Waals surface area contributed by atoms with Crippen LogP contribution in [0.3, 0.4) is 0 Å². The van der Waals surface area contributed by atoms with Gasteiger partial charge in [-0.3, -0.25) is 9.13 Å². The smallest absolute Gasteiger partial charge is 0.340 e. The third-order valence-electron chi connectivity index (χ3n) is 6.28. The van der Waals surface area contributed by atoms with E-state index < -0.39 is 59.4 Å². The molecule has 0 saturated carbocycles. The summed E-state index contributed by atoms with van der Waals surface area (Å²) in [6, 6.07) is 8.78. The molecule has 3 aromatic rings. The summed E-state index contributed by atoms with van der Waals surface area (Å²) >= 11 is 6.30. The van der Waals surface area contributed by atoms with Gasteiger partial charge >= 0.3 is 15.2 Å². The lowest BCUT2D eigenvalue weighted by Crippen LogP contribution is -2.33. The van der Waals surface area contributed by atoms with Crippen LogP contribution in [-0.4, -0.2) is 83.8 Å². The summed E-state index contributed by atoms with van der Waals surface area (Å²) in [6.45, 7) is 4.57. The van der Waals surface area contributed by atoms with E-state index in [4.69, 9.17) is 30.6 Å². The summed E-state index contributed by atoms with van der Waals surface area (Å²) in [5.74, 6) is -1.41. The van der Waals surface area contributed by atoms with E-state index in [1.807, 2.05) is 31.2 Å². The van der Waals surface area contributed by atoms with Gasteiger partial charge < -0.3 is 44.0 Å². The van der Waals surface area contributed by atoms with Crippen LogP contribution in [-0.2, 0) is 23.0 Å². The largest absolute Gasteiger partial charge is 0.387 e. The summed E-state index contributed by atoms with van der Waals surface area (Å²) in [4.78, 5) is 31.9. The van der Waals surface area contributed by atoms with E-state index in [0.29, 0.717) is 11.1 Å². The Balaban J connectivity index is 1.56. The number of nitrogens with one attached hydrogen (secondary N) is 1. The summed E-state index contributed by atoms with van der Waals surface area (Å²) in [5.41, 5.74) is 1.65. The fourth-order valence-electron chi connectivity index (χ4n) is 4.27. The summed E-state index contributed by atoms with van der Waals surface area (Å²) in [5, 5.41) is 30.1. The number of aliphatic hydroxyl groups is 2. The van der Waals surface area contributed by atoms with E-state index in [1.54, 1.807) is 19.4 Å². The number of aromatic nitrogens is 3. The number of anilines is 1. The maximum Gasteiger partial charge on any atom is 0.340 e. The van der Waals surface area contributed by atoms with Gasteiger partial charge in [-0.15, -0.1) is 0 Å². The van der Waals surface area contributed by atoms with Crippen molar-refractivity contribution in [3.8, 4) is 0 Å². The highest BCUT2D eigenvalue weighted by atomic mass is 35.5. The maximum atomic E-state index is 12.5. The van der Waals surface area contributed by atoms with E-state index in [2.05, 4.69) is 15.4 Å². The van der Waals surface area contributed by atoms with Crippen LogP contribution in [0.1, 0.15) is 24.8 Å². The number of hydrogen-bond donors (Lipinski definition) is 6. The second-order valence-electron chi connectivity index (χ2n) is 9.92. The van der Waals surface area contributed by atoms with Gasteiger partial charge in [0.15, 0.2) is 17.8 Å². The van der Waals surface area contributed by atoms with Crippen LogP contribution in [0.2, 0.25) is 5.15 Å². The number of fused-ring (bicyclic) bond motifs is 1. The zero-order valence-corrected chi connectivity index (χ0v) is 25.0. The Morgan fingerprint density at radius 1 is 1.15 bits per heavy atom. The molecular formula is C22H30ClN4O10P3. The number of benzene rings is 1. The fraction of sp³-hybridized carbons (Fsp3) is 0.455. The van der Waals surface area contributed by atoms with Crippen molar-refractivity contribution < 1.29 is 47.8 Å². The molecule has 0 bridgehead atoms. The second-order valence-corrected chi connectivity index (χ2v) is 17.5. The Morgan fingerprint density at radius 3 is 2.50 bits per heavy atom. The Kier molecular flexibility index (Phi) is 9.03. The number of halogens is 1. The van der Waals surface area contributed by atoms with Gasteiger partial charge in [0, 0.05) is 11.3 Å². The zero-order valence-electron chi connectivity index (χ0n) is 21.6. The van der Waals surface area contributed by atoms with Gasteiger partial charge in [0.2, 0.25) is 0 Å². The first-order valence-corrected chi connectivity index (χ1v) is 18.5. The van der Waals surface area contributed by atoms with Crippen LogP contribution < -0.4 is 10.6 Å². The Labute approximate surface area is 234 Å². The minimum absolute atomic E-state index is 0.0934. The third kappa shape index (κ3) is 7.21. The predicted octanol–water partition coefficient (Wildman–Crippen LogP) is 2.46. The van der Waals surface area contributed by atoms with E-state index in [1.165, 1.54) is 10.9 Å². The molecule has 0 spiro atoms. The molecule has 3 heterocycles. The molecule has 40 heavy (non-hydrogen) atoms. The van der Waals surface area contributed by atoms with Crippen molar-refractivity contribution in [2.45, 2.75) is 37.5 Å². The lowest BCUT2D eigenvalue weighted by atomic mass is 10.1. The van der Waals surface area contributed by atoms with E-state index >= 15 is 0 Å². The first-order chi connectivity index (χ1) is 18.4. The van der Waals surface area contributed by atoms with Gasteiger partial charge in [-0.05, 0) is 37.9 Å². The van der Waals surface area contributed by atoms with Crippen molar-refractivity contribution in [2.24, 2.45) is 0 Å². The second kappa shape index (κ2) is 11.6. The fourth-order valence-corrected chi connectivity index (χ4v) is 7.93. The molecule has 1 aromatic carbocycles. The topological polar surface area (TPSA) is 214 Å². The average molecular weight is 639 g/mol. The van der Waals surface area contributed by atoms with Gasteiger partial charge in [0.25, 0.3) is 0 Å². The number of nitrogens with zero attached hydrogens (tertiary/aromatic N) is 3. The van der Waals surface area contributed by atoms with Crippen LogP contribution in [0, 0.1) is 0 Å². The molecule has 1 unspecified atom stereocenters. The summed E-state index contributed by atoms with van der Waals surface area (Å²) in [7, 11) is -12.0. The van der Waals surface area contributed by atoms with E-state index in [0.717, 1.165) is 10.9 Å². The van der Waals surface area contributed by atoms with Gasteiger partial charge in [-0.1, -0.05) is 29.8 Å². The Bertz CT molecular complexity index is 1540. The molecule has 2 aromatic heterocycles. The molecular weight excluding hydrogens is 609 g/mol. The Hall–Kier alpha value is -1.66. The molecule has 6 N–H and O–H groups in total. The maximum absolute atomic E-state index is 12.5. The van der Waals surface area contributed by atoms with Gasteiger partial charge in [-0.25, -0.2) is 9.67 Å². The van der Waals surface area contributed by atoms with Crippen molar-refractivity contribution in [1.29, 1.82) is 0 Å². The Morgan fingerprint density at radius 2 is 1.85 bits per heavy atom. The molecule has 4 rings (SSSR count). The molecule has 0 aliphatic carbocycles. The van der Waals surface area contributed by atoms with Gasteiger partial charge in [0.05, 0.1) is 23.9 Å². The first kappa shape index (κ1) is 31.3. The highest BCUT2D eigenvalue weighted by molar-refractivity contribution is 7.70. The first-order valence-electron chi connectivity index (χ1n) is 11.9. The molecule has 14 nitrogen and oxygen atoms in total. The standard InChI is InChI=1S/C22H30ClN4O10P3/c1-12(13-5-4-6-14(7-13)38(2,3)30)25-16-8-18(23)26-21-15(16)9-24-27(21)22-20(29)19(28)17(37-22)10-36-40(34,35)11-39(31,32)33/h4-9,12,17,19-20,22,28-29H,10-11H2,1-3H3,(H,25,26)(H,34,35)(H2,31,32,33)/t12-,17+,19+,20+,22+/m0/s1. The number of pyridine rings is 1. The number of aliphatic hydroxyl groups excluding tert-OH is 2. The van der Waals surface area contributed by atoms with Crippen LogP contribution in [0.25, 0.3) is 11.0 Å². The summed E-state index contributed by atoms with van der Waals surface area (Å²) in [6.07, 6.45) is -4.30. The lowest BCUT2D eigenvalue weighted by molar-refractivity contribution is -0.0541. The predicted molar refractivity (Wildman–Crippen MR) is 149 cm³/mol. The lowest BCUT2D eigenvalue weighted by Gasteiger charge is -2.19. The van der Waals surface area contributed by atoms with Crippen LogP contribution >= 0.6 is 33.9 Å². The number of ether oxygens (including phenoxy) is 1. The molecule has 0 amide bonds. The van der Waals surface area contributed by atoms with Crippen molar-refractivity contribution in [3.63, 3.8) is 0 Å². The molecule has 1 fully saturated rings. The molecule has 6 atom stereocenters. The van der Waals surface area contributed by atoms with Crippen LogP contribution in [0.15, 0.2) is 36.5 Å². The van der Waals surface area contributed by atoms with Crippen molar-refractivity contribution >= 4 is 56.0 Å². The molecule has 0 radical (unpaired) electrons.